The molecule has 0 atom stereocenters. The van der Waals surface area contributed by atoms with E-state index in [0.29, 0.717) is 23.9 Å². The highest BCUT2D eigenvalue weighted by molar-refractivity contribution is 7.14. The minimum atomic E-state index is -0.432. The lowest BCUT2D eigenvalue weighted by atomic mass is 9.88. The number of urea groups is 1. The van der Waals surface area contributed by atoms with Gasteiger partial charge in [0.1, 0.15) is 5.82 Å². The fraction of sp³-hybridized carbons (Fsp3) is 0.421. The fourth-order valence-corrected chi connectivity index (χ4v) is 4.71. The lowest BCUT2D eigenvalue weighted by molar-refractivity contribution is -0.122. The number of halogens is 1. The van der Waals surface area contributed by atoms with Gasteiger partial charge in [-0.15, -0.1) is 11.3 Å². The molecule has 1 aliphatic heterocycles. The van der Waals surface area contributed by atoms with E-state index in [2.05, 4.69) is 15.6 Å². The summed E-state index contributed by atoms with van der Waals surface area (Å²) < 4.78 is 13.3. The van der Waals surface area contributed by atoms with Gasteiger partial charge in [0, 0.05) is 18.5 Å². The van der Waals surface area contributed by atoms with E-state index >= 15 is 0 Å². The number of hydrogen-bond donors (Lipinski definition) is 2. The maximum atomic E-state index is 13.3. The molecule has 2 heterocycles. The SMILES string of the molecule is O=C(Cc1csc(N2CCNC2=O)n1)NC1(c2ccc(F)cc2)CCCC1. The molecule has 4 rings (SSSR count). The van der Waals surface area contributed by atoms with E-state index < -0.39 is 5.54 Å². The van der Waals surface area contributed by atoms with Gasteiger partial charge in [-0.3, -0.25) is 9.69 Å². The predicted molar refractivity (Wildman–Crippen MR) is 101 cm³/mol. The molecule has 1 saturated carbocycles. The molecule has 3 amide bonds. The van der Waals surface area contributed by atoms with Crippen molar-refractivity contribution in [2.45, 2.75) is 37.6 Å². The second kappa shape index (κ2) is 7.26. The molecule has 0 bridgehead atoms. The summed E-state index contributed by atoms with van der Waals surface area (Å²) in [4.78, 5) is 30.5. The molecule has 8 heteroatoms. The Balaban J connectivity index is 1.45. The third kappa shape index (κ3) is 3.66. The highest BCUT2D eigenvalue weighted by atomic mass is 32.1. The molecule has 0 radical (unpaired) electrons. The molecule has 2 fully saturated rings. The zero-order valence-electron chi connectivity index (χ0n) is 14.8. The van der Waals surface area contributed by atoms with Crippen LogP contribution < -0.4 is 15.5 Å². The van der Waals surface area contributed by atoms with Gasteiger partial charge in [0.05, 0.1) is 17.7 Å². The Kier molecular flexibility index (Phi) is 4.82. The molecule has 142 valence electrons. The summed E-state index contributed by atoms with van der Waals surface area (Å²) >= 11 is 1.36. The van der Waals surface area contributed by atoms with Gasteiger partial charge in [-0.05, 0) is 30.5 Å². The number of hydrogen-bond acceptors (Lipinski definition) is 4. The lowest BCUT2D eigenvalue weighted by Gasteiger charge is -2.31. The number of rotatable bonds is 5. The molecule has 6 nitrogen and oxygen atoms in total. The highest BCUT2D eigenvalue weighted by Gasteiger charge is 2.37. The third-order valence-electron chi connectivity index (χ3n) is 5.20. The first kappa shape index (κ1) is 17.9. The van der Waals surface area contributed by atoms with Crippen LogP contribution in [0.2, 0.25) is 0 Å². The highest BCUT2D eigenvalue weighted by Crippen LogP contribution is 2.39. The second-order valence-electron chi connectivity index (χ2n) is 7.03. The van der Waals surface area contributed by atoms with Crippen LogP contribution in [0, 0.1) is 5.82 Å². The normalized spacial score (nSPS) is 18.6. The molecule has 1 aromatic heterocycles. The van der Waals surface area contributed by atoms with Crippen LogP contribution in [0.25, 0.3) is 0 Å². The van der Waals surface area contributed by atoms with Crippen LogP contribution in [0.15, 0.2) is 29.6 Å². The Morgan fingerprint density at radius 1 is 1.30 bits per heavy atom. The van der Waals surface area contributed by atoms with Crippen LogP contribution in [0.3, 0.4) is 0 Å². The van der Waals surface area contributed by atoms with Gasteiger partial charge in [-0.2, -0.15) is 0 Å². The molecular formula is C19H21FN4O2S. The van der Waals surface area contributed by atoms with Crippen molar-refractivity contribution in [1.82, 2.24) is 15.6 Å². The van der Waals surface area contributed by atoms with Crippen molar-refractivity contribution in [1.29, 1.82) is 0 Å². The maximum Gasteiger partial charge on any atom is 0.323 e. The molecule has 2 aliphatic rings. The first-order chi connectivity index (χ1) is 13.1. The summed E-state index contributed by atoms with van der Waals surface area (Å²) in [6.45, 7) is 1.19. The van der Waals surface area contributed by atoms with Crippen molar-refractivity contribution in [3.63, 3.8) is 0 Å². The van der Waals surface area contributed by atoms with Crippen LogP contribution >= 0.6 is 11.3 Å². The minimum Gasteiger partial charge on any atom is -0.346 e. The molecule has 2 N–H and O–H groups in total. The van der Waals surface area contributed by atoms with E-state index in [0.717, 1.165) is 31.2 Å². The monoisotopic (exact) mass is 388 g/mol. The Morgan fingerprint density at radius 2 is 2.04 bits per heavy atom. The van der Waals surface area contributed by atoms with Crippen molar-refractivity contribution in [3.8, 4) is 0 Å². The summed E-state index contributed by atoms with van der Waals surface area (Å²) in [6, 6.07) is 6.24. The number of benzene rings is 1. The van der Waals surface area contributed by atoms with Crippen LogP contribution in [0.4, 0.5) is 14.3 Å². The van der Waals surface area contributed by atoms with E-state index in [4.69, 9.17) is 0 Å². The smallest absolute Gasteiger partial charge is 0.323 e. The van der Waals surface area contributed by atoms with E-state index in [1.54, 1.807) is 17.0 Å². The van der Waals surface area contributed by atoms with Gasteiger partial charge in [-0.1, -0.05) is 25.0 Å². The number of thiazole rings is 1. The summed E-state index contributed by atoms with van der Waals surface area (Å²) in [5.74, 6) is -0.386. The summed E-state index contributed by atoms with van der Waals surface area (Å²) in [5, 5.41) is 8.35. The molecule has 1 aliphatic carbocycles. The van der Waals surface area contributed by atoms with Gasteiger partial charge in [-0.25, -0.2) is 14.2 Å². The van der Waals surface area contributed by atoms with Gasteiger partial charge < -0.3 is 10.6 Å². The van der Waals surface area contributed by atoms with Crippen LogP contribution in [0.5, 0.6) is 0 Å². The van der Waals surface area contributed by atoms with Crippen LogP contribution in [0.1, 0.15) is 36.9 Å². The standard InChI is InChI=1S/C19H21FN4O2S/c20-14-5-3-13(4-6-14)19(7-1-2-8-19)23-16(25)11-15-12-27-18(22-15)24-10-9-21-17(24)26/h3-6,12H,1-2,7-11H2,(H,21,26)(H,23,25). The Bertz CT molecular complexity index is 846. The van der Waals surface area contributed by atoms with Gasteiger partial charge in [0.2, 0.25) is 5.91 Å². The van der Waals surface area contributed by atoms with Crippen molar-refractivity contribution in [2.24, 2.45) is 0 Å². The maximum absolute atomic E-state index is 13.3. The van der Waals surface area contributed by atoms with E-state index in [1.165, 1.54) is 23.5 Å². The zero-order chi connectivity index (χ0) is 18.9. The van der Waals surface area contributed by atoms with Crippen molar-refractivity contribution < 1.29 is 14.0 Å². The van der Waals surface area contributed by atoms with Crippen LogP contribution in [-0.4, -0.2) is 30.0 Å². The summed E-state index contributed by atoms with van der Waals surface area (Å²) in [7, 11) is 0. The van der Waals surface area contributed by atoms with E-state index in [9.17, 15) is 14.0 Å². The molecular weight excluding hydrogens is 367 g/mol. The van der Waals surface area contributed by atoms with Gasteiger partial charge in [0.15, 0.2) is 5.13 Å². The number of carbonyl (C=O) groups excluding carboxylic acids is 2. The predicted octanol–water partition coefficient (Wildman–Crippen LogP) is 2.94. The molecule has 0 spiro atoms. The average Bonchev–Trinajstić information content (AvgIpc) is 3.37. The largest absolute Gasteiger partial charge is 0.346 e. The van der Waals surface area contributed by atoms with Gasteiger partial charge >= 0.3 is 6.03 Å². The number of nitrogens with zero attached hydrogens (tertiary/aromatic N) is 2. The number of carbonyl (C=O) groups is 2. The molecule has 0 unspecified atom stereocenters. The number of nitrogens with one attached hydrogen (secondary N) is 2. The first-order valence-corrected chi connectivity index (χ1v) is 10.0. The van der Waals surface area contributed by atoms with E-state index in [-0.39, 0.29) is 24.2 Å². The fourth-order valence-electron chi connectivity index (χ4n) is 3.86. The number of anilines is 1. The molecule has 1 saturated heterocycles. The Labute approximate surface area is 160 Å². The van der Waals surface area contributed by atoms with Crippen molar-refractivity contribution in [3.05, 3.63) is 46.7 Å². The Hall–Kier alpha value is -2.48. The van der Waals surface area contributed by atoms with E-state index in [1.807, 2.05) is 5.38 Å². The summed E-state index contributed by atoms with van der Waals surface area (Å²) in [5.41, 5.74) is 1.17. The molecule has 27 heavy (non-hydrogen) atoms. The lowest BCUT2D eigenvalue weighted by Crippen LogP contribution is -2.44. The van der Waals surface area contributed by atoms with Crippen LogP contribution in [-0.2, 0) is 16.8 Å². The second-order valence-corrected chi connectivity index (χ2v) is 7.86. The van der Waals surface area contributed by atoms with Gasteiger partial charge in [0.25, 0.3) is 0 Å². The average molecular weight is 388 g/mol. The number of amides is 3. The van der Waals surface area contributed by atoms with Crippen molar-refractivity contribution >= 4 is 28.4 Å². The molecule has 1 aromatic carbocycles. The quantitative estimate of drug-likeness (QED) is 0.827. The zero-order valence-corrected chi connectivity index (χ0v) is 15.7. The first-order valence-electron chi connectivity index (χ1n) is 9.13. The summed E-state index contributed by atoms with van der Waals surface area (Å²) in [6.07, 6.45) is 3.92. The third-order valence-corrected chi connectivity index (χ3v) is 6.11. The number of aromatic nitrogens is 1. The van der Waals surface area contributed by atoms with Crippen molar-refractivity contribution in [2.75, 3.05) is 18.0 Å². The topological polar surface area (TPSA) is 74.3 Å². The minimum absolute atomic E-state index is 0.107. The molecule has 2 aromatic rings. The Morgan fingerprint density at radius 3 is 2.70 bits per heavy atom.